The van der Waals surface area contributed by atoms with Gasteiger partial charge in [0.1, 0.15) is 11.5 Å². The zero-order valence-corrected chi connectivity index (χ0v) is 10.8. The second-order valence-electron chi connectivity index (χ2n) is 4.27. The fraction of sp³-hybridized carbons (Fsp3) is 0.333. The summed E-state index contributed by atoms with van der Waals surface area (Å²) in [7, 11) is 0. The number of anilines is 1. The molecule has 0 N–H and O–H groups in total. The molecule has 1 atom stereocenters. The highest BCUT2D eigenvalue weighted by Gasteiger charge is 2.30. The summed E-state index contributed by atoms with van der Waals surface area (Å²) < 4.78 is 1.95. The van der Waals surface area contributed by atoms with Gasteiger partial charge in [-0.3, -0.25) is 14.1 Å². The van der Waals surface area contributed by atoms with Crippen molar-refractivity contribution in [3.8, 4) is 0 Å². The van der Waals surface area contributed by atoms with Gasteiger partial charge in [-0.2, -0.15) is 0 Å². The summed E-state index contributed by atoms with van der Waals surface area (Å²) in [5.74, 6) is 1.50. The Morgan fingerprint density at radius 3 is 3.12 bits per heavy atom. The summed E-state index contributed by atoms with van der Waals surface area (Å²) >= 11 is 3.45. The Kier molecular flexibility index (Phi) is 2.63. The van der Waals surface area contributed by atoms with Crippen LogP contribution in [0.15, 0.2) is 30.6 Å². The Morgan fingerprint density at radius 2 is 2.35 bits per heavy atom. The first-order chi connectivity index (χ1) is 8.29. The molecule has 17 heavy (non-hydrogen) atoms. The predicted molar refractivity (Wildman–Crippen MR) is 69.4 cm³/mol. The molecule has 1 amide bonds. The Labute approximate surface area is 107 Å². The molecule has 3 heterocycles. The minimum atomic E-state index is 0.190. The number of hydrogen-bond acceptors (Lipinski definition) is 2. The lowest BCUT2D eigenvalue weighted by Crippen LogP contribution is -2.26. The summed E-state index contributed by atoms with van der Waals surface area (Å²) in [6.07, 6.45) is 4.26. The standard InChI is InChI=1S/C12H12BrN3O/c13-7-9-6-12(17)16(8-9)11-3-1-2-10-14-4-5-15(10)11/h1-5,9H,6-8H2. The van der Waals surface area contributed by atoms with Crippen LogP contribution in [0, 0.1) is 5.92 Å². The van der Waals surface area contributed by atoms with Crippen LogP contribution in [-0.2, 0) is 4.79 Å². The van der Waals surface area contributed by atoms with E-state index in [9.17, 15) is 4.79 Å². The van der Waals surface area contributed by atoms with E-state index in [1.165, 1.54) is 0 Å². The van der Waals surface area contributed by atoms with Crippen molar-refractivity contribution < 1.29 is 4.79 Å². The van der Waals surface area contributed by atoms with Crippen molar-refractivity contribution in [1.82, 2.24) is 9.38 Å². The highest BCUT2D eigenvalue weighted by Crippen LogP contribution is 2.26. The van der Waals surface area contributed by atoms with Gasteiger partial charge < -0.3 is 0 Å². The van der Waals surface area contributed by atoms with Crippen molar-refractivity contribution in [3.05, 3.63) is 30.6 Å². The molecule has 0 aliphatic carbocycles. The molecule has 0 radical (unpaired) electrons. The Balaban J connectivity index is 2.04. The molecule has 5 heteroatoms. The van der Waals surface area contributed by atoms with E-state index in [-0.39, 0.29) is 5.91 Å². The summed E-state index contributed by atoms with van der Waals surface area (Å²) in [4.78, 5) is 18.1. The molecular formula is C12H12BrN3O. The monoisotopic (exact) mass is 293 g/mol. The zero-order chi connectivity index (χ0) is 11.8. The number of imidazole rings is 1. The topological polar surface area (TPSA) is 37.6 Å². The molecule has 1 aliphatic heterocycles. The number of carbonyl (C=O) groups excluding carboxylic acids is 1. The van der Waals surface area contributed by atoms with Crippen LogP contribution in [0.2, 0.25) is 0 Å². The van der Waals surface area contributed by atoms with Gasteiger partial charge in [0, 0.05) is 30.7 Å². The second-order valence-corrected chi connectivity index (χ2v) is 4.92. The number of halogens is 1. The number of nitrogens with zero attached hydrogens (tertiary/aromatic N) is 3. The summed E-state index contributed by atoms with van der Waals surface area (Å²) in [5.41, 5.74) is 0.873. The van der Waals surface area contributed by atoms with E-state index in [1.54, 1.807) is 6.20 Å². The van der Waals surface area contributed by atoms with Gasteiger partial charge in [-0.25, -0.2) is 4.98 Å². The number of alkyl halides is 1. The normalized spacial score (nSPS) is 20.4. The first-order valence-corrected chi connectivity index (χ1v) is 6.70. The molecule has 1 aliphatic rings. The average Bonchev–Trinajstić information content (AvgIpc) is 2.94. The van der Waals surface area contributed by atoms with Crippen LogP contribution in [0.4, 0.5) is 5.82 Å². The second kappa shape index (κ2) is 4.14. The number of aromatic nitrogens is 2. The van der Waals surface area contributed by atoms with Crippen molar-refractivity contribution in [1.29, 1.82) is 0 Å². The smallest absolute Gasteiger partial charge is 0.228 e. The van der Waals surface area contributed by atoms with Gasteiger partial charge in [-0.15, -0.1) is 0 Å². The van der Waals surface area contributed by atoms with E-state index in [0.29, 0.717) is 12.3 Å². The van der Waals surface area contributed by atoms with E-state index < -0.39 is 0 Å². The van der Waals surface area contributed by atoms with Crippen LogP contribution < -0.4 is 4.90 Å². The third kappa shape index (κ3) is 1.74. The van der Waals surface area contributed by atoms with Gasteiger partial charge in [0.05, 0.1) is 0 Å². The van der Waals surface area contributed by atoms with E-state index >= 15 is 0 Å². The molecule has 1 unspecified atom stereocenters. The summed E-state index contributed by atoms with van der Waals surface area (Å²) in [6.45, 7) is 0.779. The van der Waals surface area contributed by atoms with E-state index in [0.717, 1.165) is 23.3 Å². The number of rotatable bonds is 2. The average molecular weight is 294 g/mol. The third-order valence-corrected chi connectivity index (χ3v) is 4.02. The van der Waals surface area contributed by atoms with Gasteiger partial charge in [0.15, 0.2) is 0 Å². The van der Waals surface area contributed by atoms with Crippen LogP contribution in [0.25, 0.3) is 5.65 Å². The first kappa shape index (κ1) is 10.8. The number of pyridine rings is 1. The number of amides is 1. The predicted octanol–water partition coefficient (Wildman–Crippen LogP) is 2.08. The lowest BCUT2D eigenvalue weighted by Gasteiger charge is -2.17. The van der Waals surface area contributed by atoms with E-state index in [2.05, 4.69) is 20.9 Å². The molecule has 1 saturated heterocycles. The van der Waals surface area contributed by atoms with Gasteiger partial charge >= 0.3 is 0 Å². The maximum absolute atomic E-state index is 12.0. The molecule has 0 aromatic carbocycles. The van der Waals surface area contributed by atoms with Gasteiger partial charge in [0.25, 0.3) is 0 Å². The Hall–Kier alpha value is -1.36. The van der Waals surface area contributed by atoms with Gasteiger partial charge in [0.2, 0.25) is 5.91 Å². The molecule has 0 bridgehead atoms. The number of hydrogen-bond donors (Lipinski definition) is 0. The highest BCUT2D eigenvalue weighted by atomic mass is 79.9. The number of fused-ring (bicyclic) bond motifs is 1. The van der Waals surface area contributed by atoms with Crippen LogP contribution in [0.1, 0.15) is 6.42 Å². The maximum Gasteiger partial charge on any atom is 0.228 e. The summed E-state index contributed by atoms with van der Waals surface area (Å²) in [5, 5.41) is 0.870. The minimum Gasteiger partial charge on any atom is -0.298 e. The van der Waals surface area contributed by atoms with Crippen LogP contribution in [-0.4, -0.2) is 27.2 Å². The molecule has 4 nitrogen and oxygen atoms in total. The lowest BCUT2D eigenvalue weighted by atomic mass is 10.2. The molecule has 2 aromatic rings. The maximum atomic E-state index is 12.0. The molecule has 0 saturated carbocycles. The van der Waals surface area contributed by atoms with Crippen molar-refractivity contribution in [2.24, 2.45) is 5.92 Å². The van der Waals surface area contributed by atoms with Crippen molar-refractivity contribution in [2.45, 2.75) is 6.42 Å². The zero-order valence-electron chi connectivity index (χ0n) is 9.21. The van der Waals surface area contributed by atoms with Crippen molar-refractivity contribution in [3.63, 3.8) is 0 Å². The SMILES string of the molecule is O=C1CC(CBr)CN1c1cccc2nccn12. The van der Waals surface area contributed by atoms with Crippen LogP contribution >= 0.6 is 15.9 Å². The molecule has 3 rings (SSSR count). The van der Waals surface area contributed by atoms with Crippen LogP contribution in [0.5, 0.6) is 0 Å². The van der Waals surface area contributed by atoms with Gasteiger partial charge in [-0.1, -0.05) is 22.0 Å². The third-order valence-electron chi connectivity index (χ3n) is 3.11. The van der Waals surface area contributed by atoms with Crippen LogP contribution in [0.3, 0.4) is 0 Å². The molecule has 0 spiro atoms. The lowest BCUT2D eigenvalue weighted by molar-refractivity contribution is -0.117. The molecular weight excluding hydrogens is 282 g/mol. The quantitative estimate of drug-likeness (QED) is 0.795. The van der Waals surface area contributed by atoms with Crippen molar-refractivity contribution in [2.75, 3.05) is 16.8 Å². The summed E-state index contributed by atoms with van der Waals surface area (Å²) in [6, 6.07) is 5.83. The molecule has 88 valence electrons. The fourth-order valence-electron chi connectivity index (χ4n) is 2.26. The number of carbonyl (C=O) groups is 1. The largest absolute Gasteiger partial charge is 0.298 e. The van der Waals surface area contributed by atoms with E-state index in [1.807, 2.05) is 33.7 Å². The van der Waals surface area contributed by atoms with Crippen molar-refractivity contribution >= 4 is 33.3 Å². The Morgan fingerprint density at radius 1 is 1.47 bits per heavy atom. The van der Waals surface area contributed by atoms with Gasteiger partial charge in [-0.05, 0) is 18.1 Å². The first-order valence-electron chi connectivity index (χ1n) is 5.58. The molecule has 2 aromatic heterocycles. The minimum absolute atomic E-state index is 0.190. The fourth-order valence-corrected chi connectivity index (χ4v) is 2.69. The highest BCUT2D eigenvalue weighted by molar-refractivity contribution is 9.09. The molecule has 1 fully saturated rings. The van der Waals surface area contributed by atoms with E-state index in [4.69, 9.17) is 0 Å². The Bertz CT molecular complexity index is 566.